The molecule has 0 aliphatic rings. The fraction of sp³-hybridized carbons (Fsp3) is 1.00. The molecule has 0 aromatic carbocycles. The highest BCUT2D eigenvalue weighted by Crippen LogP contribution is 2.18. The molecule has 0 nitrogen and oxygen atoms in total. The Morgan fingerprint density at radius 3 is 1.33 bits per heavy atom. The maximum absolute atomic E-state index is 3.57. The van der Waals surface area contributed by atoms with Gasteiger partial charge in [-0.2, -0.15) is 0 Å². The fourth-order valence-corrected chi connectivity index (χ4v) is 2.92. The van der Waals surface area contributed by atoms with E-state index < -0.39 is 0 Å². The van der Waals surface area contributed by atoms with Crippen molar-refractivity contribution >= 4 is 25.2 Å². The smallest absolute Gasteiger partial charge is 0.0288 e. The molecule has 0 heterocycles. The first-order valence-electron chi connectivity index (χ1n) is 8.17. The molecule has 2 unspecified atom stereocenters. The Balaban J connectivity index is 2.90. The Hall–Kier alpha value is 0.910. The van der Waals surface area contributed by atoms with Gasteiger partial charge in [0.25, 0.3) is 0 Å². The van der Waals surface area contributed by atoms with Crippen LogP contribution in [0.25, 0.3) is 0 Å². The molecule has 0 saturated heterocycles. The highest BCUT2D eigenvalue weighted by molar-refractivity contribution is 9.10. The lowest BCUT2D eigenvalue weighted by Crippen LogP contribution is -1.86. The number of rotatable bonds is 14. The first-order valence-corrected chi connectivity index (χ1v) is 9.75. The van der Waals surface area contributed by atoms with Gasteiger partial charge in [0, 0.05) is 4.57 Å². The predicted octanol–water partition coefficient (Wildman–Crippen LogP) is 7.06. The van der Waals surface area contributed by atoms with Crippen molar-refractivity contribution in [3.63, 3.8) is 0 Å². The zero-order chi connectivity index (χ0) is 13.5. The Labute approximate surface area is 126 Å². The number of halogens is 1. The van der Waals surface area contributed by atoms with Gasteiger partial charge in [0.15, 0.2) is 0 Å². The summed E-state index contributed by atoms with van der Waals surface area (Å²) in [7, 11) is 2.82. The van der Waals surface area contributed by atoms with Gasteiger partial charge in [-0.05, 0) is 6.42 Å². The summed E-state index contributed by atoms with van der Waals surface area (Å²) in [6.45, 7) is 2.29. The number of alkyl halides is 1. The van der Waals surface area contributed by atoms with E-state index in [1.165, 1.54) is 89.9 Å². The Kier molecular flexibility index (Phi) is 16.8. The molecule has 0 aliphatic carbocycles. The number of hydrogen-bond acceptors (Lipinski definition) is 0. The van der Waals surface area contributed by atoms with E-state index in [0.29, 0.717) is 4.57 Å². The third kappa shape index (κ3) is 16.9. The summed E-state index contributed by atoms with van der Waals surface area (Å²) in [6.07, 6.45) is 20.1. The van der Waals surface area contributed by atoms with Crippen molar-refractivity contribution < 1.29 is 0 Å². The zero-order valence-electron chi connectivity index (χ0n) is 12.4. The van der Waals surface area contributed by atoms with Crippen LogP contribution in [-0.4, -0.2) is 4.57 Å². The molecule has 18 heavy (non-hydrogen) atoms. The standard InChI is InChI=1S/C16H34BrP/c1-2-3-4-5-6-7-8-9-10-11-12-13-14-15-16(17)18/h16H,2-15,18H2,1H3. The second kappa shape index (κ2) is 16.0. The summed E-state index contributed by atoms with van der Waals surface area (Å²) in [5.74, 6) is 0. The molecule has 2 heteroatoms. The molecular weight excluding hydrogens is 303 g/mol. The molecule has 0 radical (unpaired) electrons. The molecule has 0 amide bonds. The lowest BCUT2D eigenvalue weighted by atomic mass is 10.0. The molecule has 0 fully saturated rings. The molecule has 0 rings (SSSR count). The third-order valence-corrected chi connectivity index (χ3v) is 4.37. The molecule has 110 valence electrons. The van der Waals surface area contributed by atoms with E-state index in [9.17, 15) is 0 Å². The van der Waals surface area contributed by atoms with Gasteiger partial charge in [-0.1, -0.05) is 106 Å². The van der Waals surface area contributed by atoms with Gasteiger partial charge in [-0.25, -0.2) is 0 Å². The van der Waals surface area contributed by atoms with E-state index in [4.69, 9.17) is 0 Å². The zero-order valence-corrected chi connectivity index (χ0v) is 15.2. The van der Waals surface area contributed by atoms with Gasteiger partial charge in [-0.3, -0.25) is 0 Å². The molecule has 0 N–H and O–H groups in total. The minimum Gasteiger partial charge on any atom is -0.123 e. The van der Waals surface area contributed by atoms with E-state index in [0.717, 1.165) is 0 Å². The molecule has 0 aliphatic heterocycles. The van der Waals surface area contributed by atoms with Crippen molar-refractivity contribution in [2.45, 2.75) is 101 Å². The van der Waals surface area contributed by atoms with Gasteiger partial charge in [0.1, 0.15) is 0 Å². The van der Waals surface area contributed by atoms with Crippen LogP contribution in [0.3, 0.4) is 0 Å². The van der Waals surface area contributed by atoms with Crippen molar-refractivity contribution in [1.29, 1.82) is 0 Å². The van der Waals surface area contributed by atoms with E-state index >= 15 is 0 Å². The van der Waals surface area contributed by atoms with Crippen LogP contribution in [-0.2, 0) is 0 Å². The van der Waals surface area contributed by atoms with Crippen LogP contribution in [0.2, 0.25) is 0 Å². The summed E-state index contributed by atoms with van der Waals surface area (Å²) in [5.41, 5.74) is 0. The molecule has 2 atom stereocenters. The van der Waals surface area contributed by atoms with Crippen LogP contribution in [0.4, 0.5) is 0 Å². The van der Waals surface area contributed by atoms with Crippen molar-refractivity contribution in [3.05, 3.63) is 0 Å². The van der Waals surface area contributed by atoms with Gasteiger partial charge < -0.3 is 0 Å². The van der Waals surface area contributed by atoms with Crippen LogP contribution in [0.1, 0.15) is 96.8 Å². The lowest BCUT2D eigenvalue weighted by Gasteiger charge is -2.04. The van der Waals surface area contributed by atoms with Crippen LogP contribution in [0, 0.1) is 0 Å². The molecule has 0 bridgehead atoms. The predicted molar refractivity (Wildman–Crippen MR) is 92.7 cm³/mol. The number of unbranched alkanes of at least 4 members (excludes halogenated alkanes) is 12. The van der Waals surface area contributed by atoms with Crippen LogP contribution in [0.5, 0.6) is 0 Å². The molecule has 0 saturated carbocycles. The van der Waals surface area contributed by atoms with Gasteiger partial charge >= 0.3 is 0 Å². The van der Waals surface area contributed by atoms with Crippen molar-refractivity contribution in [2.75, 3.05) is 0 Å². The molecule has 0 aromatic heterocycles. The van der Waals surface area contributed by atoms with Crippen molar-refractivity contribution in [3.8, 4) is 0 Å². The first-order chi connectivity index (χ1) is 8.77. The minimum absolute atomic E-state index is 0.630. The first kappa shape index (κ1) is 18.9. The summed E-state index contributed by atoms with van der Waals surface area (Å²) >= 11 is 3.57. The van der Waals surface area contributed by atoms with Crippen LogP contribution in [0.15, 0.2) is 0 Å². The molecule has 0 spiro atoms. The Bertz CT molecular complexity index is 148. The quantitative estimate of drug-likeness (QED) is 0.181. The van der Waals surface area contributed by atoms with E-state index in [-0.39, 0.29) is 0 Å². The topological polar surface area (TPSA) is 0 Å². The largest absolute Gasteiger partial charge is 0.123 e. The highest BCUT2D eigenvalue weighted by Gasteiger charge is 1.96. The average molecular weight is 337 g/mol. The maximum Gasteiger partial charge on any atom is 0.0288 e. The van der Waals surface area contributed by atoms with E-state index in [2.05, 4.69) is 32.1 Å². The fourth-order valence-electron chi connectivity index (χ4n) is 2.36. The second-order valence-corrected chi connectivity index (χ2v) is 8.50. The van der Waals surface area contributed by atoms with E-state index in [1.807, 2.05) is 0 Å². The average Bonchev–Trinajstić information content (AvgIpc) is 2.34. The Morgan fingerprint density at radius 2 is 1.00 bits per heavy atom. The van der Waals surface area contributed by atoms with E-state index in [1.54, 1.807) is 0 Å². The third-order valence-electron chi connectivity index (χ3n) is 3.58. The number of hydrogen-bond donors (Lipinski definition) is 0. The van der Waals surface area contributed by atoms with Crippen molar-refractivity contribution in [1.82, 2.24) is 0 Å². The summed E-state index contributed by atoms with van der Waals surface area (Å²) in [4.78, 5) is 0. The second-order valence-electron chi connectivity index (χ2n) is 5.55. The minimum atomic E-state index is 0.630. The normalized spacial score (nSPS) is 12.8. The Morgan fingerprint density at radius 1 is 0.667 bits per heavy atom. The maximum atomic E-state index is 3.57. The molecular formula is C16H34BrP. The van der Waals surface area contributed by atoms with Gasteiger partial charge in [-0.15, -0.1) is 9.24 Å². The highest BCUT2D eigenvalue weighted by atomic mass is 79.9. The monoisotopic (exact) mass is 336 g/mol. The summed E-state index contributed by atoms with van der Waals surface area (Å²) < 4.78 is 0.630. The van der Waals surface area contributed by atoms with Gasteiger partial charge in [0.2, 0.25) is 0 Å². The van der Waals surface area contributed by atoms with Gasteiger partial charge in [0.05, 0.1) is 0 Å². The van der Waals surface area contributed by atoms with Crippen LogP contribution < -0.4 is 0 Å². The lowest BCUT2D eigenvalue weighted by molar-refractivity contribution is 0.538. The summed E-state index contributed by atoms with van der Waals surface area (Å²) in [5, 5.41) is 0. The molecule has 0 aromatic rings. The van der Waals surface area contributed by atoms with Crippen molar-refractivity contribution in [2.24, 2.45) is 0 Å². The SMILES string of the molecule is CCCCCCCCCCCCCCCC(P)Br. The summed E-state index contributed by atoms with van der Waals surface area (Å²) in [6, 6.07) is 0. The van der Waals surface area contributed by atoms with Crippen LogP contribution >= 0.6 is 25.2 Å².